The monoisotopic (exact) mass is 263 g/mol. The molecule has 2 heterocycles. The Kier molecular flexibility index (Phi) is 3.99. The van der Waals surface area contributed by atoms with Crippen LogP contribution < -0.4 is 5.32 Å². The van der Waals surface area contributed by atoms with E-state index in [1.165, 1.54) is 4.90 Å². The van der Waals surface area contributed by atoms with E-state index in [0.29, 0.717) is 19.5 Å². The Balaban J connectivity index is 1.95. The summed E-state index contributed by atoms with van der Waals surface area (Å²) in [5.41, 5.74) is 1.98. The van der Waals surface area contributed by atoms with Gasteiger partial charge < -0.3 is 15.3 Å². The van der Waals surface area contributed by atoms with Crippen molar-refractivity contribution >= 4 is 12.0 Å². The first-order valence-electron chi connectivity index (χ1n) is 6.26. The van der Waals surface area contributed by atoms with Gasteiger partial charge in [0, 0.05) is 25.5 Å². The maximum atomic E-state index is 12.0. The number of nitrogens with zero attached hydrogens (tertiary/aromatic N) is 2. The van der Waals surface area contributed by atoms with Crippen molar-refractivity contribution < 1.29 is 14.7 Å². The van der Waals surface area contributed by atoms with Crippen molar-refractivity contribution in [1.82, 2.24) is 15.2 Å². The van der Waals surface area contributed by atoms with E-state index in [9.17, 15) is 9.59 Å². The number of carboxylic acid groups (broad SMARTS) is 1. The molecule has 1 aromatic heterocycles. The summed E-state index contributed by atoms with van der Waals surface area (Å²) >= 11 is 0. The summed E-state index contributed by atoms with van der Waals surface area (Å²) in [6.45, 7) is 2.80. The van der Waals surface area contributed by atoms with Crippen molar-refractivity contribution in [2.45, 2.75) is 32.4 Å². The Labute approximate surface area is 111 Å². The predicted octanol–water partition coefficient (Wildman–Crippen LogP) is 1.15. The molecule has 1 fully saturated rings. The number of urea groups is 1. The lowest BCUT2D eigenvalue weighted by Crippen LogP contribution is -2.45. The van der Waals surface area contributed by atoms with Crippen LogP contribution in [0.15, 0.2) is 18.5 Å². The molecule has 0 aromatic carbocycles. The van der Waals surface area contributed by atoms with E-state index < -0.39 is 12.0 Å². The lowest BCUT2D eigenvalue weighted by atomic mass is 10.1. The van der Waals surface area contributed by atoms with Crippen LogP contribution in [0.25, 0.3) is 0 Å². The number of likely N-dealkylation sites (tertiary alicyclic amines) is 1. The number of aryl methyl sites for hydroxylation is 1. The van der Waals surface area contributed by atoms with Gasteiger partial charge in [0.1, 0.15) is 6.04 Å². The van der Waals surface area contributed by atoms with E-state index in [1.807, 2.05) is 13.0 Å². The highest BCUT2D eigenvalue weighted by Crippen LogP contribution is 2.17. The van der Waals surface area contributed by atoms with Gasteiger partial charge in [-0.25, -0.2) is 9.59 Å². The van der Waals surface area contributed by atoms with Crippen LogP contribution >= 0.6 is 0 Å². The van der Waals surface area contributed by atoms with Crippen LogP contribution in [-0.4, -0.2) is 39.6 Å². The number of nitrogens with one attached hydrogen (secondary N) is 1. The van der Waals surface area contributed by atoms with Gasteiger partial charge in [-0.15, -0.1) is 0 Å². The van der Waals surface area contributed by atoms with E-state index in [4.69, 9.17) is 5.11 Å². The number of rotatable bonds is 3. The fraction of sp³-hybridized carbons (Fsp3) is 0.462. The quantitative estimate of drug-likeness (QED) is 0.857. The number of aromatic nitrogens is 1. The van der Waals surface area contributed by atoms with Gasteiger partial charge >= 0.3 is 12.0 Å². The second kappa shape index (κ2) is 5.69. The van der Waals surface area contributed by atoms with Gasteiger partial charge in [0.2, 0.25) is 0 Å². The van der Waals surface area contributed by atoms with Crippen molar-refractivity contribution in [1.29, 1.82) is 0 Å². The Morgan fingerprint density at radius 2 is 2.37 bits per heavy atom. The Hall–Kier alpha value is -2.11. The molecule has 1 aliphatic heterocycles. The molecule has 2 amide bonds. The fourth-order valence-electron chi connectivity index (χ4n) is 2.24. The maximum absolute atomic E-state index is 12.0. The summed E-state index contributed by atoms with van der Waals surface area (Å²) in [6.07, 6.45) is 4.66. The third-order valence-electron chi connectivity index (χ3n) is 3.37. The number of carboxylic acids is 1. The summed E-state index contributed by atoms with van der Waals surface area (Å²) in [5.74, 6) is -0.937. The smallest absolute Gasteiger partial charge is 0.326 e. The number of amides is 2. The molecule has 6 nitrogen and oxygen atoms in total. The largest absolute Gasteiger partial charge is 0.480 e. The molecule has 19 heavy (non-hydrogen) atoms. The topological polar surface area (TPSA) is 82.5 Å². The first kappa shape index (κ1) is 13.3. The van der Waals surface area contributed by atoms with E-state index in [-0.39, 0.29) is 6.03 Å². The molecule has 2 N–H and O–H groups in total. The first-order valence-corrected chi connectivity index (χ1v) is 6.26. The van der Waals surface area contributed by atoms with Crippen LogP contribution in [0.2, 0.25) is 0 Å². The highest BCUT2D eigenvalue weighted by molar-refractivity contribution is 5.83. The zero-order chi connectivity index (χ0) is 13.8. The van der Waals surface area contributed by atoms with Crippen LogP contribution in [0, 0.1) is 6.92 Å². The molecular formula is C13H17N3O3. The number of pyridine rings is 1. The Morgan fingerprint density at radius 3 is 3.05 bits per heavy atom. The summed E-state index contributed by atoms with van der Waals surface area (Å²) in [7, 11) is 0. The Bertz CT molecular complexity index is 490. The number of hydrogen-bond donors (Lipinski definition) is 2. The van der Waals surface area contributed by atoms with Gasteiger partial charge in [-0.05, 0) is 37.0 Å². The molecule has 6 heteroatoms. The third kappa shape index (κ3) is 3.01. The van der Waals surface area contributed by atoms with Crippen LogP contribution in [0.1, 0.15) is 24.0 Å². The van der Waals surface area contributed by atoms with Crippen LogP contribution in [0.3, 0.4) is 0 Å². The average molecular weight is 263 g/mol. The maximum Gasteiger partial charge on any atom is 0.326 e. The average Bonchev–Trinajstić information content (AvgIpc) is 2.87. The summed E-state index contributed by atoms with van der Waals surface area (Å²) in [5, 5.41) is 11.8. The lowest BCUT2D eigenvalue weighted by molar-refractivity contribution is -0.141. The number of aliphatic carboxylic acids is 1. The van der Waals surface area contributed by atoms with E-state index in [0.717, 1.165) is 17.5 Å². The van der Waals surface area contributed by atoms with E-state index >= 15 is 0 Å². The zero-order valence-electron chi connectivity index (χ0n) is 10.8. The van der Waals surface area contributed by atoms with Gasteiger partial charge in [0.05, 0.1) is 0 Å². The SMILES string of the molecule is Cc1cnccc1CNC(=O)N1CCC[C@@H]1C(=O)O. The predicted molar refractivity (Wildman–Crippen MR) is 68.6 cm³/mol. The molecule has 102 valence electrons. The van der Waals surface area contributed by atoms with Gasteiger partial charge in [-0.2, -0.15) is 0 Å². The van der Waals surface area contributed by atoms with Gasteiger partial charge in [0.25, 0.3) is 0 Å². The molecular weight excluding hydrogens is 246 g/mol. The molecule has 0 saturated carbocycles. The van der Waals surface area contributed by atoms with Crippen molar-refractivity contribution in [3.63, 3.8) is 0 Å². The Morgan fingerprint density at radius 1 is 1.58 bits per heavy atom. The van der Waals surface area contributed by atoms with Crippen LogP contribution in [0.4, 0.5) is 4.79 Å². The van der Waals surface area contributed by atoms with Crippen molar-refractivity contribution in [3.8, 4) is 0 Å². The normalized spacial score (nSPS) is 18.4. The molecule has 0 bridgehead atoms. The lowest BCUT2D eigenvalue weighted by Gasteiger charge is -2.22. The molecule has 0 aliphatic carbocycles. The third-order valence-corrected chi connectivity index (χ3v) is 3.37. The molecule has 0 spiro atoms. The number of carbonyl (C=O) groups excluding carboxylic acids is 1. The summed E-state index contributed by atoms with van der Waals surface area (Å²) < 4.78 is 0. The second-order valence-electron chi connectivity index (χ2n) is 4.65. The highest BCUT2D eigenvalue weighted by atomic mass is 16.4. The molecule has 1 aromatic rings. The summed E-state index contributed by atoms with van der Waals surface area (Å²) in [6, 6.07) is 0.827. The second-order valence-corrected chi connectivity index (χ2v) is 4.65. The van der Waals surface area contributed by atoms with Crippen molar-refractivity contribution in [2.24, 2.45) is 0 Å². The van der Waals surface area contributed by atoms with Gasteiger partial charge in [0.15, 0.2) is 0 Å². The fourth-order valence-corrected chi connectivity index (χ4v) is 2.24. The zero-order valence-corrected chi connectivity index (χ0v) is 10.8. The minimum absolute atomic E-state index is 0.318. The minimum atomic E-state index is -0.937. The standard InChI is InChI=1S/C13H17N3O3/c1-9-7-14-5-4-10(9)8-15-13(19)16-6-2-3-11(16)12(17)18/h4-5,7,11H,2-3,6,8H2,1H3,(H,15,19)(H,17,18)/t11-/m1/s1. The van der Waals surface area contributed by atoms with Crippen molar-refractivity contribution in [3.05, 3.63) is 29.6 Å². The molecule has 0 unspecified atom stereocenters. The van der Waals surface area contributed by atoms with E-state index in [1.54, 1.807) is 12.4 Å². The summed E-state index contributed by atoms with van der Waals surface area (Å²) in [4.78, 5) is 28.4. The molecule has 0 radical (unpaired) electrons. The number of carbonyl (C=O) groups is 2. The minimum Gasteiger partial charge on any atom is -0.480 e. The van der Waals surface area contributed by atoms with E-state index in [2.05, 4.69) is 10.3 Å². The van der Waals surface area contributed by atoms with Crippen LogP contribution in [-0.2, 0) is 11.3 Å². The molecule has 1 aliphatic rings. The number of hydrogen-bond acceptors (Lipinski definition) is 3. The van der Waals surface area contributed by atoms with Gasteiger partial charge in [-0.3, -0.25) is 4.98 Å². The van der Waals surface area contributed by atoms with Crippen LogP contribution in [0.5, 0.6) is 0 Å². The van der Waals surface area contributed by atoms with Gasteiger partial charge in [-0.1, -0.05) is 0 Å². The molecule has 1 atom stereocenters. The molecule has 2 rings (SSSR count). The first-order chi connectivity index (χ1) is 9.09. The van der Waals surface area contributed by atoms with Crippen molar-refractivity contribution in [2.75, 3.05) is 6.54 Å². The highest BCUT2D eigenvalue weighted by Gasteiger charge is 2.33. The molecule has 1 saturated heterocycles.